The number of nitrogens with one attached hydrogen (secondary N) is 1. The fourth-order valence-corrected chi connectivity index (χ4v) is 5.47. The Morgan fingerprint density at radius 2 is 2.00 bits per heavy atom. The number of aryl methyl sites for hydroxylation is 1. The van der Waals surface area contributed by atoms with Gasteiger partial charge in [-0.05, 0) is 55.5 Å². The van der Waals surface area contributed by atoms with Crippen molar-refractivity contribution < 1.29 is 17.9 Å². The Bertz CT molecular complexity index is 1010. The molecule has 8 heteroatoms. The van der Waals surface area contributed by atoms with Crippen LogP contribution >= 0.6 is 11.6 Å². The highest BCUT2D eigenvalue weighted by atomic mass is 35.5. The SMILES string of the molecule is CCOc1ccc(S(=O)(=O)N(CC)CC(=O)N[C@H]2CCCc3ccccc32)cc1Cl. The van der Waals surface area contributed by atoms with Crippen molar-refractivity contribution >= 4 is 27.5 Å². The van der Waals surface area contributed by atoms with Crippen LogP contribution < -0.4 is 10.1 Å². The third kappa shape index (κ3) is 4.96. The van der Waals surface area contributed by atoms with Gasteiger partial charge in [0.25, 0.3) is 0 Å². The van der Waals surface area contributed by atoms with Crippen LogP contribution in [0.5, 0.6) is 5.75 Å². The molecule has 1 N–H and O–H groups in total. The van der Waals surface area contributed by atoms with Gasteiger partial charge in [-0.15, -0.1) is 0 Å². The molecule has 0 fully saturated rings. The second-order valence-corrected chi connectivity index (χ2v) is 9.51. The number of fused-ring (bicyclic) bond motifs is 1. The summed E-state index contributed by atoms with van der Waals surface area (Å²) < 4.78 is 32.6. The zero-order valence-electron chi connectivity index (χ0n) is 17.2. The summed E-state index contributed by atoms with van der Waals surface area (Å²) in [5, 5.41) is 3.23. The maximum absolute atomic E-state index is 13.1. The molecule has 1 atom stereocenters. The number of likely N-dealkylation sites (N-methyl/N-ethyl adjacent to an activating group) is 1. The van der Waals surface area contributed by atoms with Gasteiger partial charge in [-0.3, -0.25) is 4.79 Å². The third-order valence-electron chi connectivity index (χ3n) is 5.22. The molecule has 0 spiro atoms. The van der Waals surface area contributed by atoms with Gasteiger partial charge in [0.1, 0.15) is 5.75 Å². The highest BCUT2D eigenvalue weighted by Gasteiger charge is 2.28. The highest BCUT2D eigenvalue weighted by molar-refractivity contribution is 7.89. The monoisotopic (exact) mass is 450 g/mol. The number of amides is 1. The molecule has 30 heavy (non-hydrogen) atoms. The van der Waals surface area contributed by atoms with E-state index in [9.17, 15) is 13.2 Å². The lowest BCUT2D eigenvalue weighted by Crippen LogP contribution is -2.42. The van der Waals surface area contributed by atoms with Gasteiger partial charge in [0.2, 0.25) is 15.9 Å². The van der Waals surface area contributed by atoms with Gasteiger partial charge in [-0.1, -0.05) is 42.8 Å². The number of hydrogen-bond donors (Lipinski definition) is 1. The molecular weight excluding hydrogens is 424 g/mol. The van der Waals surface area contributed by atoms with Crippen LogP contribution in [0.3, 0.4) is 0 Å². The summed E-state index contributed by atoms with van der Waals surface area (Å²) in [7, 11) is -3.87. The minimum atomic E-state index is -3.87. The first-order chi connectivity index (χ1) is 14.4. The summed E-state index contributed by atoms with van der Waals surface area (Å²) in [4.78, 5) is 12.7. The van der Waals surface area contributed by atoms with Crippen LogP contribution in [0.25, 0.3) is 0 Å². The molecule has 0 aliphatic heterocycles. The van der Waals surface area contributed by atoms with Crippen LogP contribution in [0.4, 0.5) is 0 Å². The molecule has 3 rings (SSSR count). The molecule has 1 aliphatic carbocycles. The number of hydrogen-bond acceptors (Lipinski definition) is 4. The summed E-state index contributed by atoms with van der Waals surface area (Å²) in [6, 6.07) is 12.3. The van der Waals surface area contributed by atoms with E-state index < -0.39 is 10.0 Å². The molecule has 0 bridgehead atoms. The number of carbonyl (C=O) groups excluding carboxylic acids is 1. The molecule has 2 aromatic rings. The van der Waals surface area contributed by atoms with E-state index in [4.69, 9.17) is 16.3 Å². The van der Waals surface area contributed by atoms with Gasteiger partial charge in [0.15, 0.2) is 0 Å². The minimum absolute atomic E-state index is 0.0358. The highest BCUT2D eigenvalue weighted by Crippen LogP contribution is 2.30. The number of sulfonamides is 1. The average molecular weight is 451 g/mol. The molecule has 0 unspecified atom stereocenters. The summed E-state index contributed by atoms with van der Waals surface area (Å²) >= 11 is 6.16. The molecule has 0 heterocycles. The second-order valence-electron chi connectivity index (χ2n) is 7.17. The number of carbonyl (C=O) groups is 1. The standard InChI is InChI=1S/C22H27ClN2O4S/c1-3-25(30(27,28)17-12-13-21(29-4-2)19(23)14-17)15-22(26)24-20-11-7-9-16-8-5-6-10-18(16)20/h5-6,8,10,12-14,20H,3-4,7,9,11,15H2,1-2H3,(H,24,26)/t20-/m0/s1. The van der Waals surface area contributed by atoms with Crippen molar-refractivity contribution in [3.05, 3.63) is 58.6 Å². The van der Waals surface area contributed by atoms with Gasteiger partial charge in [0.05, 0.1) is 29.1 Å². The fourth-order valence-electron chi connectivity index (χ4n) is 3.73. The first-order valence-electron chi connectivity index (χ1n) is 10.2. The van der Waals surface area contributed by atoms with Crippen LogP contribution in [-0.4, -0.2) is 38.3 Å². The maximum Gasteiger partial charge on any atom is 0.243 e. The molecule has 0 aromatic heterocycles. The normalized spacial score (nSPS) is 16.2. The molecule has 0 saturated heterocycles. The molecule has 1 aliphatic rings. The predicted molar refractivity (Wildman–Crippen MR) is 117 cm³/mol. The Kier molecular flexibility index (Phi) is 7.39. The van der Waals surface area contributed by atoms with Crippen LogP contribution in [0.2, 0.25) is 5.02 Å². The zero-order chi connectivity index (χ0) is 21.7. The Morgan fingerprint density at radius 1 is 1.23 bits per heavy atom. The first kappa shape index (κ1) is 22.6. The van der Waals surface area contributed by atoms with Crippen molar-refractivity contribution in [2.45, 2.75) is 44.0 Å². The van der Waals surface area contributed by atoms with Crippen LogP contribution in [0.15, 0.2) is 47.4 Å². The van der Waals surface area contributed by atoms with Crippen molar-refractivity contribution in [2.24, 2.45) is 0 Å². The molecule has 0 saturated carbocycles. The summed E-state index contributed by atoms with van der Waals surface area (Å²) in [6.45, 7) is 3.88. The maximum atomic E-state index is 13.1. The number of nitrogens with zero attached hydrogens (tertiary/aromatic N) is 1. The Labute approximate surface area is 183 Å². The summed E-state index contributed by atoms with van der Waals surface area (Å²) in [5.41, 5.74) is 2.35. The van der Waals surface area contributed by atoms with E-state index >= 15 is 0 Å². The topological polar surface area (TPSA) is 75.7 Å². The Balaban J connectivity index is 1.73. The lowest BCUT2D eigenvalue weighted by atomic mass is 9.88. The second kappa shape index (κ2) is 9.81. The first-order valence-corrected chi connectivity index (χ1v) is 12.0. The molecule has 6 nitrogen and oxygen atoms in total. The lowest BCUT2D eigenvalue weighted by Gasteiger charge is -2.27. The van der Waals surface area contributed by atoms with E-state index in [0.717, 1.165) is 29.1 Å². The number of benzene rings is 2. The summed E-state index contributed by atoms with van der Waals surface area (Å²) in [5.74, 6) is 0.106. The van der Waals surface area contributed by atoms with E-state index in [1.54, 1.807) is 6.92 Å². The Hall–Kier alpha value is -2.09. The van der Waals surface area contributed by atoms with Crippen LogP contribution in [0, 0.1) is 0 Å². The van der Waals surface area contributed by atoms with E-state index in [-0.39, 0.29) is 35.0 Å². The molecule has 2 aromatic carbocycles. The zero-order valence-corrected chi connectivity index (χ0v) is 18.8. The van der Waals surface area contributed by atoms with E-state index in [0.29, 0.717) is 12.4 Å². The van der Waals surface area contributed by atoms with Crippen LogP contribution in [0.1, 0.15) is 43.9 Å². The summed E-state index contributed by atoms with van der Waals surface area (Å²) in [6.07, 6.45) is 2.83. The molecule has 0 radical (unpaired) electrons. The predicted octanol–water partition coefficient (Wildman–Crippen LogP) is 3.94. The van der Waals surface area contributed by atoms with Gasteiger partial charge in [-0.25, -0.2) is 8.42 Å². The van der Waals surface area contributed by atoms with E-state index in [1.165, 1.54) is 23.8 Å². The number of halogens is 1. The molecule has 162 valence electrons. The van der Waals surface area contributed by atoms with Crippen molar-refractivity contribution in [3.63, 3.8) is 0 Å². The third-order valence-corrected chi connectivity index (χ3v) is 7.43. The van der Waals surface area contributed by atoms with Gasteiger partial charge < -0.3 is 10.1 Å². The smallest absolute Gasteiger partial charge is 0.243 e. The van der Waals surface area contributed by atoms with Gasteiger partial charge in [-0.2, -0.15) is 4.31 Å². The van der Waals surface area contributed by atoms with E-state index in [2.05, 4.69) is 11.4 Å². The lowest BCUT2D eigenvalue weighted by molar-refractivity contribution is -0.122. The molecule has 1 amide bonds. The van der Waals surface area contributed by atoms with Crippen molar-refractivity contribution in [1.29, 1.82) is 0 Å². The van der Waals surface area contributed by atoms with Gasteiger partial charge in [0, 0.05) is 6.54 Å². The van der Waals surface area contributed by atoms with Crippen molar-refractivity contribution in [2.75, 3.05) is 19.7 Å². The number of ether oxygens (including phenoxy) is 1. The minimum Gasteiger partial charge on any atom is -0.492 e. The average Bonchev–Trinajstić information content (AvgIpc) is 2.73. The molecular formula is C22H27ClN2O4S. The van der Waals surface area contributed by atoms with Crippen LogP contribution in [-0.2, 0) is 21.2 Å². The van der Waals surface area contributed by atoms with Crippen molar-refractivity contribution in [3.8, 4) is 5.75 Å². The number of rotatable bonds is 8. The van der Waals surface area contributed by atoms with Gasteiger partial charge >= 0.3 is 0 Å². The van der Waals surface area contributed by atoms with Crippen molar-refractivity contribution in [1.82, 2.24) is 9.62 Å². The largest absolute Gasteiger partial charge is 0.492 e. The van der Waals surface area contributed by atoms with E-state index in [1.807, 2.05) is 25.1 Å². The fraction of sp³-hybridized carbons (Fsp3) is 0.409. The Morgan fingerprint density at radius 3 is 2.70 bits per heavy atom. The quantitative estimate of drug-likeness (QED) is 0.660.